The zero-order valence-electron chi connectivity index (χ0n) is 17.3. The lowest BCUT2D eigenvalue weighted by molar-refractivity contribution is -0.132. The summed E-state index contributed by atoms with van der Waals surface area (Å²) in [6.07, 6.45) is 5.72. The summed E-state index contributed by atoms with van der Waals surface area (Å²) in [7, 11) is 0. The Hall–Kier alpha value is -3.54. The van der Waals surface area contributed by atoms with Gasteiger partial charge in [0, 0.05) is 49.2 Å². The average Bonchev–Trinajstić information content (AvgIpc) is 3.23. The van der Waals surface area contributed by atoms with Crippen LogP contribution in [0.25, 0.3) is 11.3 Å². The van der Waals surface area contributed by atoms with Crippen LogP contribution in [-0.4, -0.2) is 53.8 Å². The highest BCUT2D eigenvalue weighted by Crippen LogP contribution is 2.27. The molecule has 0 aliphatic heterocycles. The lowest BCUT2D eigenvalue weighted by atomic mass is 10.2. The Morgan fingerprint density at radius 3 is 2.75 bits per heavy atom. The Labute approximate surface area is 186 Å². The number of amides is 2. The SMILES string of the molecule is NC(=O)c1cn(CCC(=O)N(CCCn2cc(-c3ccsc3)nn2)C2CC2)c(=O)[nH]c1=O. The van der Waals surface area contributed by atoms with E-state index in [4.69, 9.17) is 5.73 Å². The van der Waals surface area contributed by atoms with Crippen LogP contribution in [0, 0.1) is 0 Å². The minimum absolute atomic E-state index is 0.0467. The summed E-state index contributed by atoms with van der Waals surface area (Å²) < 4.78 is 2.90. The second-order valence-corrected chi connectivity index (χ2v) is 8.44. The number of nitrogens with one attached hydrogen (secondary N) is 1. The van der Waals surface area contributed by atoms with Crippen molar-refractivity contribution in [2.45, 2.75) is 44.8 Å². The van der Waals surface area contributed by atoms with Crippen molar-refractivity contribution in [3.05, 3.63) is 55.6 Å². The van der Waals surface area contributed by atoms with Gasteiger partial charge in [-0.3, -0.25) is 28.6 Å². The molecule has 168 valence electrons. The van der Waals surface area contributed by atoms with Gasteiger partial charge in [-0.25, -0.2) is 4.79 Å². The van der Waals surface area contributed by atoms with E-state index < -0.39 is 17.2 Å². The molecule has 2 amide bonds. The third-order valence-corrected chi connectivity index (χ3v) is 5.98. The number of aryl methyl sites for hydroxylation is 2. The average molecular weight is 458 g/mol. The third kappa shape index (κ3) is 5.02. The van der Waals surface area contributed by atoms with E-state index >= 15 is 0 Å². The van der Waals surface area contributed by atoms with Crippen LogP contribution in [0.3, 0.4) is 0 Å². The maximum absolute atomic E-state index is 12.8. The van der Waals surface area contributed by atoms with Gasteiger partial charge in [-0.15, -0.1) is 5.10 Å². The summed E-state index contributed by atoms with van der Waals surface area (Å²) >= 11 is 1.60. The standard InChI is InChI=1S/C20H23N7O4S/c21-18(29)15-10-25(20(31)22-19(15)30)8-4-17(28)27(14-2-3-14)7-1-6-26-11-16(23-24-26)13-5-9-32-12-13/h5,9-12,14H,1-4,6-8H2,(H2,21,29)(H,22,30,31). The molecule has 3 aromatic rings. The summed E-state index contributed by atoms with van der Waals surface area (Å²) in [4.78, 5) is 51.6. The number of hydrogen-bond acceptors (Lipinski definition) is 7. The molecule has 1 aliphatic carbocycles. The Balaban J connectivity index is 1.33. The van der Waals surface area contributed by atoms with E-state index in [1.807, 2.05) is 27.9 Å². The zero-order valence-corrected chi connectivity index (χ0v) is 18.1. The van der Waals surface area contributed by atoms with Crippen molar-refractivity contribution < 1.29 is 9.59 Å². The van der Waals surface area contributed by atoms with Crippen molar-refractivity contribution in [2.24, 2.45) is 5.73 Å². The molecule has 1 saturated carbocycles. The number of nitrogens with zero attached hydrogens (tertiary/aromatic N) is 5. The molecular weight excluding hydrogens is 434 g/mol. The Morgan fingerprint density at radius 1 is 1.25 bits per heavy atom. The smallest absolute Gasteiger partial charge is 0.328 e. The first-order chi connectivity index (χ1) is 15.4. The molecule has 0 aromatic carbocycles. The predicted octanol–water partition coefficient (Wildman–Crippen LogP) is 0.427. The van der Waals surface area contributed by atoms with Gasteiger partial charge in [-0.2, -0.15) is 11.3 Å². The summed E-state index contributed by atoms with van der Waals surface area (Å²) in [6.45, 7) is 1.25. The molecule has 0 spiro atoms. The second kappa shape index (κ2) is 9.30. The summed E-state index contributed by atoms with van der Waals surface area (Å²) in [6, 6.07) is 2.21. The van der Waals surface area contributed by atoms with Crippen LogP contribution < -0.4 is 17.0 Å². The molecule has 4 rings (SSSR count). The molecule has 32 heavy (non-hydrogen) atoms. The van der Waals surface area contributed by atoms with E-state index in [0.29, 0.717) is 13.1 Å². The van der Waals surface area contributed by atoms with Gasteiger partial charge >= 0.3 is 5.69 Å². The van der Waals surface area contributed by atoms with Crippen LogP contribution in [0.1, 0.15) is 36.0 Å². The first-order valence-corrected chi connectivity index (χ1v) is 11.2. The highest BCUT2D eigenvalue weighted by atomic mass is 32.1. The van der Waals surface area contributed by atoms with Crippen LogP contribution in [-0.2, 0) is 17.9 Å². The number of primary amides is 1. The van der Waals surface area contributed by atoms with Gasteiger partial charge in [0.25, 0.3) is 11.5 Å². The maximum atomic E-state index is 12.8. The molecule has 0 radical (unpaired) electrons. The molecule has 11 nitrogen and oxygen atoms in total. The first kappa shape index (κ1) is 21.7. The van der Waals surface area contributed by atoms with Crippen molar-refractivity contribution >= 4 is 23.2 Å². The predicted molar refractivity (Wildman–Crippen MR) is 117 cm³/mol. The number of hydrogen-bond donors (Lipinski definition) is 2. The monoisotopic (exact) mass is 457 g/mol. The molecule has 1 aliphatic rings. The summed E-state index contributed by atoms with van der Waals surface area (Å²) in [5.41, 5.74) is 5.18. The van der Waals surface area contributed by atoms with Crippen molar-refractivity contribution in [1.29, 1.82) is 0 Å². The molecule has 0 unspecified atom stereocenters. The molecule has 1 fully saturated rings. The molecular formula is C20H23N7O4S. The van der Waals surface area contributed by atoms with Gasteiger partial charge in [0.05, 0.1) is 6.20 Å². The van der Waals surface area contributed by atoms with Crippen LogP contribution in [0.4, 0.5) is 0 Å². The number of nitrogens with two attached hydrogens (primary N) is 1. The quantitative estimate of drug-likeness (QED) is 0.451. The fourth-order valence-corrected chi connectivity index (χ4v) is 4.11. The van der Waals surface area contributed by atoms with Crippen LogP contribution in [0.15, 0.2) is 38.8 Å². The molecule has 3 aromatic heterocycles. The minimum Gasteiger partial charge on any atom is -0.365 e. The summed E-state index contributed by atoms with van der Waals surface area (Å²) in [5.74, 6) is -1.01. The number of rotatable bonds is 10. The molecule has 0 saturated heterocycles. The van der Waals surface area contributed by atoms with Crippen molar-refractivity contribution in [3.63, 3.8) is 0 Å². The number of carbonyl (C=O) groups is 2. The van der Waals surface area contributed by atoms with E-state index in [0.717, 1.165) is 41.3 Å². The molecule has 3 N–H and O–H groups in total. The molecule has 0 atom stereocenters. The second-order valence-electron chi connectivity index (χ2n) is 7.66. The highest BCUT2D eigenvalue weighted by molar-refractivity contribution is 7.08. The van der Waals surface area contributed by atoms with E-state index in [2.05, 4.69) is 15.3 Å². The number of carbonyl (C=O) groups excluding carboxylic acids is 2. The highest BCUT2D eigenvalue weighted by Gasteiger charge is 2.31. The first-order valence-electron chi connectivity index (χ1n) is 10.3. The normalized spacial score (nSPS) is 13.2. The van der Waals surface area contributed by atoms with Gasteiger partial charge in [0.2, 0.25) is 5.91 Å². The fraction of sp³-hybridized carbons (Fsp3) is 0.400. The van der Waals surface area contributed by atoms with Gasteiger partial charge < -0.3 is 10.6 Å². The van der Waals surface area contributed by atoms with E-state index in [-0.39, 0.29) is 30.5 Å². The lowest BCUT2D eigenvalue weighted by Crippen LogP contribution is -2.38. The molecule has 0 bridgehead atoms. The van der Waals surface area contributed by atoms with Gasteiger partial charge in [0.15, 0.2) is 0 Å². The minimum atomic E-state index is -0.929. The lowest BCUT2D eigenvalue weighted by Gasteiger charge is -2.22. The van der Waals surface area contributed by atoms with Gasteiger partial charge in [-0.1, -0.05) is 5.21 Å². The maximum Gasteiger partial charge on any atom is 0.328 e. The Bertz CT molecular complexity index is 1220. The topological polar surface area (TPSA) is 149 Å². The van der Waals surface area contributed by atoms with Crippen LogP contribution >= 0.6 is 11.3 Å². The van der Waals surface area contributed by atoms with Crippen molar-refractivity contribution in [2.75, 3.05) is 6.54 Å². The van der Waals surface area contributed by atoms with E-state index in [1.54, 1.807) is 16.0 Å². The summed E-state index contributed by atoms with van der Waals surface area (Å²) in [5, 5.41) is 12.3. The fourth-order valence-electron chi connectivity index (χ4n) is 3.46. The molecule has 12 heteroatoms. The van der Waals surface area contributed by atoms with E-state index in [1.165, 1.54) is 0 Å². The number of H-pyrrole nitrogens is 1. The number of thiophene rings is 1. The number of aromatic amines is 1. The van der Waals surface area contributed by atoms with Gasteiger partial charge in [-0.05, 0) is 30.7 Å². The largest absolute Gasteiger partial charge is 0.365 e. The van der Waals surface area contributed by atoms with E-state index in [9.17, 15) is 19.2 Å². The van der Waals surface area contributed by atoms with Crippen LogP contribution in [0.2, 0.25) is 0 Å². The molecule has 3 heterocycles. The Kier molecular flexibility index (Phi) is 6.30. The van der Waals surface area contributed by atoms with Gasteiger partial charge in [0.1, 0.15) is 11.3 Å². The number of aromatic nitrogens is 5. The zero-order chi connectivity index (χ0) is 22.7. The van der Waals surface area contributed by atoms with Crippen LogP contribution in [0.5, 0.6) is 0 Å². The Morgan fingerprint density at radius 2 is 2.06 bits per heavy atom. The van der Waals surface area contributed by atoms with Crippen molar-refractivity contribution in [3.8, 4) is 11.3 Å². The third-order valence-electron chi connectivity index (χ3n) is 5.29. The van der Waals surface area contributed by atoms with Crippen molar-refractivity contribution in [1.82, 2.24) is 29.4 Å².